The van der Waals surface area contributed by atoms with Crippen molar-refractivity contribution in [3.05, 3.63) is 40.6 Å². The molecule has 0 aliphatic heterocycles. The Morgan fingerprint density at radius 1 is 1.21 bits per heavy atom. The van der Waals surface area contributed by atoms with Gasteiger partial charge in [-0.2, -0.15) is 0 Å². The third-order valence-corrected chi connectivity index (χ3v) is 2.75. The Kier molecular flexibility index (Phi) is 5.57. The molecule has 0 bridgehead atoms. The highest BCUT2D eigenvalue weighted by molar-refractivity contribution is 6.30. The summed E-state index contributed by atoms with van der Waals surface area (Å²) in [5.74, 6) is -0.741. The second-order valence-corrected chi connectivity index (χ2v) is 4.34. The molecule has 0 aromatic heterocycles. The maximum atomic E-state index is 11.8. The average Bonchev–Trinajstić information content (AvgIpc) is 2.37. The van der Waals surface area contributed by atoms with Crippen molar-refractivity contribution in [2.24, 2.45) is 0 Å². The molecule has 1 aromatic rings. The first-order chi connectivity index (χ1) is 8.95. The zero-order valence-corrected chi connectivity index (χ0v) is 11.9. The van der Waals surface area contributed by atoms with Crippen LogP contribution in [0.2, 0.25) is 5.02 Å². The number of ketones is 1. The quantitative estimate of drug-likeness (QED) is 0.665. The number of carbonyl (C=O) groups excluding carboxylic acids is 2. The van der Waals surface area contributed by atoms with Gasteiger partial charge in [-0.15, -0.1) is 0 Å². The van der Waals surface area contributed by atoms with Crippen molar-refractivity contribution < 1.29 is 14.3 Å². The van der Waals surface area contributed by atoms with E-state index in [4.69, 9.17) is 16.3 Å². The number of benzene rings is 1. The lowest BCUT2D eigenvalue weighted by Crippen LogP contribution is -2.18. The van der Waals surface area contributed by atoms with Crippen LogP contribution in [0.1, 0.15) is 20.8 Å². The summed E-state index contributed by atoms with van der Waals surface area (Å²) in [5.41, 5.74) is 1.14. The fraction of sp³-hybridized carbons (Fsp3) is 0.286. The van der Waals surface area contributed by atoms with Crippen molar-refractivity contribution in [2.45, 2.75) is 20.8 Å². The van der Waals surface area contributed by atoms with Crippen LogP contribution in [-0.2, 0) is 14.3 Å². The summed E-state index contributed by atoms with van der Waals surface area (Å²) in [5, 5.41) is 3.49. The van der Waals surface area contributed by atoms with Gasteiger partial charge >= 0.3 is 5.97 Å². The molecule has 5 heteroatoms. The largest absolute Gasteiger partial charge is 0.461 e. The molecule has 0 aliphatic rings. The number of carbonyl (C=O) groups is 2. The number of Topliss-reactive ketones (excluding diaryl/α,β-unsaturated/α-hetero) is 1. The fourth-order valence-electron chi connectivity index (χ4n) is 1.35. The van der Waals surface area contributed by atoms with Gasteiger partial charge in [0.1, 0.15) is 5.70 Å². The monoisotopic (exact) mass is 281 g/mol. The van der Waals surface area contributed by atoms with Gasteiger partial charge in [0.05, 0.1) is 6.61 Å². The van der Waals surface area contributed by atoms with Crippen molar-refractivity contribution >= 4 is 29.0 Å². The minimum Gasteiger partial charge on any atom is -0.461 e. The SMILES string of the molecule is CCOC(=O)/C(Nc1ccc(Cl)cc1)=C(/C)C(C)=O. The smallest absolute Gasteiger partial charge is 0.355 e. The van der Waals surface area contributed by atoms with Crippen LogP contribution in [0.25, 0.3) is 0 Å². The van der Waals surface area contributed by atoms with E-state index in [0.29, 0.717) is 16.3 Å². The number of allylic oxidation sites excluding steroid dienone is 1. The number of rotatable bonds is 5. The van der Waals surface area contributed by atoms with Crippen molar-refractivity contribution in [1.29, 1.82) is 0 Å². The number of anilines is 1. The van der Waals surface area contributed by atoms with E-state index in [2.05, 4.69) is 5.32 Å². The van der Waals surface area contributed by atoms with Gasteiger partial charge in [0, 0.05) is 16.3 Å². The topological polar surface area (TPSA) is 55.4 Å². The predicted octanol–water partition coefficient (Wildman–Crippen LogP) is 3.18. The molecule has 0 saturated heterocycles. The average molecular weight is 282 g/mol. The van der Waals surface area contributed by atoms with E-state index in [-0.39, 0.29) is 18.1 Å². The van der Waals surface area contributed by atoms with Gasteiger partial charge < -0.3 is 10.1 Å². The predicted molar refractivity (Wildman–Crippen MR) is 75.1 cm³/mol. The number of halogens is 1. The normalized spacial score (nSPS) is 11.6. The van der Waals surface area contributed by atoms with Gasteiger partial charge in [0.25, 0.3) is 0 Å². The van der Waals surface area contributed by atoms with Crippen LogP contribution < -0.4 is 5.32 Å². The molecule has 0 heterocycles. The Labute approximate surface area is 117 Å². The van der Waals surface area contributed by atoms with Gasteiger partial charge in [-0.25, -0.2) is 4.79 Å². The molecule has 102 valence electrons. The second-order valence-electron chi connectivity index (χ2n) is 3.91. The van der Waals surface area contributed by atoms with Crippen LogP contribution in [-0.4, -0.2) is 18.4 Å². The first kappa shape index (κ1) is 15.2. The first-order valence-corrected chi connectivity index (χ1v) is 6.25. The van der Waals surface area contributed by atoms with E-state index < -0.39 is 5.97 Å². The fourth-order valence-corrected chi connectivity index (χ4v) is 1.48. The molecule has 0 amide bonds. The highest BCUT2D eigenvalue weighted by Gasteiger charge is 2.17. The molecule has 1 rings (SSSR count). The van der Waals surface area contributed by atoms with Crippen LogP contribution in [0, 0.1) is 0 Å². The van der Waals surface area contributed by atoms with Crippen molar-refractivity contribution in [2.75, 3.05) is 11.9 Å². The molecule has 0 aliphatic carbocycles. The van der Waals surface area contributed by atoms with Crippen molar-refractivity contribution in [3.8, 4) is 0 Å². The van der Waals surface area contributed by atoms with Crippen LogP contribution in [0.4, 0.5) is 5.69 Å². The Balaban J connectivity index is 3.05. The van der Waals surface area contributed by atoms with Crippen LogP contribution in [0.3, 0.4) is 0 Å². The third-order valence-electron chi connectivity index (χ3n) is 2.50. The number of hydrogen-bond acceptors (Lipinski definition) is 4. The van der Waals surface area contributed by atoms with Crippen molar-refractivity contribution in [3.63, 3.8) is 0 Å². The van der Waals surface area contributed by atoms with Gasteiger partial charge in [0.2, 0.25) is 0 Å². The van der Waals surface area contributed by atoms with Gasteiger partial charge in [-0.05, 0) is 45.0 Å². The lowest BCUT2D eigenvalue weighted by molar-refractivity contribution is -0.138. The summed E-state index contributed by atoms with van der Waals surface area (Å²) in [7, 11) is 0. The van der Waals surface area contributed by atoms with Crippen LogP contribution in [0.15, 0.2) is 35.5 Å². The van der Waals surface area contributed by atoms with E-state index in [1.807, 2.05) is 0 Å². The summed E-state index contributed by atoms with van der Waals surface area (Å²) >= 11 is 5.79. The number of hydrogen-bond donors (Lipinski definition) is 1. The van der Waals surface area contributed by atoms with E-state index >= 15 is 0 Å². The Morgan fingerprint density at radius 2 is 1.79 bits per heavy atom. The molecular weight excluding hydrogens is 266 g/mol. The summed E-state index contributed by atoms with van der Waals surface area (Å²) in [6.07, 6.45) is 0. The van der Waals surface area contributed by atoms with Gasteiger partial charge in [0.15, 0.2) is 5.78 Å². The van der Waals surface area contributed by atoms with Gasteiger partial charge in [-0.1, -0.05) is 11.6 Å². The highest BCUT2D eigenvalue weighted by Crippen LogP contribution is 2.17. The second kappa shape index (κ2) is 6.95. The molecule has 0 saturated carbocycles. The maximum absolute atomic E-state index is 11.8. The minimum absolute atomic E-state index is 0.150. The maximum Gasteiger partial charge on any atom is 0.355 e. The molecule has 0 atom stereocenters. The van der Waals surface area contributed by atoms with E-state index in [1.165, 1.54) is 6.92 Å². The zero-order valence-electron chi connectivity index (χ0n) is 11.1. The molecule has 19 heavy (non-hydrogen) atoms. The molecule has 0 fully saturated rings. The molecule has 0 radical (unpaired) electrons. The van der Waals surface area contributed by atoms with Crippen LogP contribution >= 0.6 is 11.6 Å². The zero-order chi connectivity index (χ0) is 14.4. The lowest BCUT2D eigenvalue weighted by atomic mass is 10.1. The van der Waals surface area contributed by atoms with Crippen LogP contribution in [0.5, 0.6) is 0 Å². The molecule has 1 aromatic carbocycles. The first-order valence-electron chi connectivity index (χ1n) is 5.87. The van der Waals surface area contributed by atoms with E-state index in [0.717, 1.165) is 0 Å². The van der Waals surface area contributed by atoms with Crippen molar-refractivity contribution in [1.82, 2.24) is 0 Å². The van der Waals surface area contributed by atoms with Gasteiger partial charge in [-0.3, -0.25) is 4.79 Å². The third kappa shape index (κ3) is 4.41. The molecule has 0 unspecified atom stereocenters. The summed E-state index contributed by atoms with van der Waals surface area (Å²) in [6, 6.07) is 6.81. The Morgan fingerprint density at radius 3 is 2.26 bits per heavy atom. The van der Waals surface area contributed by atoms with E-state index in [9.17, 15) is 9.59 Å². The lowest BCUT2D eigenvalue weighted by Gasteiger charge is -2.12. The number of nitrogens with one attached hydrogen (secondary N) is 1. The Hall–Kier alpha value is -1.81. The molecule has 1 N–H and O–H groups in total. The summed E-state index contributed by atoms with van der Waals surface area (Å²) < 4.78 is 4.93. The van der Waals surface area contributed by atoms with E-state index in [1.54, 1.807) is 38.1 Å². The number of esters is 1. The molecular formula is C14H16ClNO3. The summed E-state index contributed by atoms with van der Waals surface area (Å²) in [6.45, 7) is 4.94. The Bertz CT molecular complexity index is 506. The molecule has 4 nitrogen and oxygen atoms in total. The highest BCUT2D eigenvalue weighted by atomic mass is 35.5. The molecule has 0 spiro atoms. The minimum atomic E-state index is -0.551. The summed E-state index contributed by atoms with van der Waals surface area (Å²) in [4.78, 5) is 23.3. The number of ether oxygens (including phenoxy) is 1. The standard InChI is InChI=1S/C14H16ClNO3/c1-4-19-14(18)13(9(2)10(3)17)16-12-7-5-11(15)6-8-12/h5-8,16H,4H2,1-3H3/b13-9+.